The normalized spacial score (nSPS) is 11.8. The van der Waals surface area contributed by atoms with Gasteiger partial charge in [0.05, 0.1) is 16.8 Å². The average Bonchev–Trinajstić information content (AvgIpc) is 3.10. The van der Waals surface area contributed by atoms with Gasteiger partial charge in [0.25, 0.3) is 0 Å². The van der Waals surface area contributed by atoms with Crippen molar-refractivity contribution < 1.29 is 14.7 Å². The van der Waals surface area contributed by atoms with Gasteiger partial charge in [-0.15, -0.1) is 0 Å². The fourth-order valence-corrected chi connectivity index (χ4v) is 2.82. The molecule has 28 heavy (non-hydrogen) atoms. The van der Waals surface area contributed by atoms with Crippen molar-refractivity contribution in [3.05, 3.63) is 72.4 Å². The number of carbonyl (C=O) groups excluding carboxylic acids is 1. The summed E-state index contributed by atoms with van der Waals surface area (Å²) in [5.74, 6) is -0.846. The third-order valence-electron chi connectivity index (χ3n) is 4.05. The first-order valence-corrected chi connectivity index (χ1v) is 8.88. The average molecular weight is 376 g/mol. The number of hydrazone groups is 1. The molecular weight excluding hydrogens is 356 g/mol. The van der Waals surface area contributed by atoms with Crippen molar-refractivity contribution >= 4 is 23.5 Å². The molecule has 142 valence electrons. The van der Waals surface area contributed by atoms with Crippen molar-refractivity contribution in [1.29, 1.82) is 0 Å². The Balaban J connectivity index is 2.04. The zero-order valence-corrected chi connectivity index (χ0v) is 15.2. The number of fused-ring (bicyclic) bond motifs is 1. The number of hydrogen-bond donors (Lipinski definition) is 2. The molecule has 0 unspecified atom stereocenters. The van der Waals surface area contributed by atoms with Gasteiger partial charge >= 0.3 is 5.97 Å². The zero-order chi connectivity index (χ0) is 19.8. The minimum absolute atomic E-state index is 0.0635. The smallest absolute Gasteiger partial charge is 0.303 e. The molecular formula is C21H20N4O3. The SMILES string of the molecule is O=C/C=C\C(=N/NCCCC(=O)O)c1c(-c2ccccc2)nn2ccccc12. The Kier molecular flexibility index (Phi) is 6.30. The molecule has 2 aromatic heterocycles. The first-order valence-electron chi connectivity index (χ1n) is 8.88. The van der Waals surface area contributed by atoms with Crippen LogP contribution in [0.4, 0.5) is 0 Å². The molecule has 1 aromatic carbocycles. The van der Waals surface area contributed by atoms with Crippen LogP contribution in [0.25, 0.3) is 16.8 Å². The zero-order valence-electron chi connectivity index (χ0n) is 15.2. The van der Waals surface area contributed by atoms with E-state index >= 15 is 0 Å². The molecule has 0 saturated carbocycles. The van der Waals surface area contributed by atoms with E-state index in [9.17, 15) is 9.59 Å². The minimum Gasteiger partial charge on any atom is -0.481 e. The Hall–Kier alpha value is -3.74. The van der Waals surface area contributed by atoms with Gasteiger partial charge in [0, 0.05) is 24.7 Å². The number of pyridine rings is 1. The fraction of sp³-hybridized carbons (Fsp3) is 0.143. The van der Waals surface area contributed by atoms with E-state index in [4.69, 9.17) is 5.11 Å². The Labute approximate surface area is 162 Å². The van der Waals surface area contributed by atoms with Crippen molar-refractivity contribution in [1.82, 2.24) is 15.0 Å². The first kappa shape index (κ1) is 19.0. The van der Waals surface area contributed by atoms with Crippen LogP contribution in [-0.2, 0) is 9.59 Å². The molecule has 0 bridgehead atoms. The van der Waals surface area contributed by atoms with E-state index in [-0.39, 0.29) is 6.42 Å². The topological polar surface area (TPSA) is 96.1 Å². The van der Waals surface area contributed by atoms with Gasteiger partial charge in [-0.05, 0) is 30.7 Å². The summed E-state index contributed by atoms with van der Waals surface area (Å²) in [6.07, 6.45) is 6.05. The van der Waals surface area contributed by atoms with E-state index in [1.807, 2.05) is 54.7 Å². The van der Waals surface area contributed by atoms with E-state index in [2.05, 4.69) is 15.6 Å². The molecule has 0 aliphatic heterocycles. The van der Waals surface area contributed by atoms with Gasteiger partial charge < -0.3 is 10.5 Å². The third kappa shape index (κ3) is 4.50. The van der Waals surface area contributed by atoms with Crippen LogP contribution in [-0.4, -0.2) is 39.2 Å². The maximum Gasteiger partial charge on any atom is 0.303 e. The number of aliphatic carboxylic acids is 1. The Bertz CT molecular complexity index is 1020. The summed E-state index contributed by atoms with van der Waals surface area (Å²) in [4.78, 5) is 21.5. The van der Waals surface area contributed by atoms with Crippen molar-refractivity contribution in [2.24, 2.45) is 5.10 Å². The molecule has 0 saturated heterocycles. The van der Waals surface area contributed by atoms with Crippen LogP contribution < -0.4 is 5.43 Å². The highest BCUT2D eigenvalue weighted by molar-refractivity contribution is 6.17. The fourth-order valence-electron chi connectivity index (χ4n) is 2.82. The second kappa shape index (κ2) is 9.27. The van der Waals surface area contributed by atoms with Gasteiger partial charge in [0.1, 0.15) is 12.0 Å². The summed E-state index contributed by atoms with van der Waals surface area (Å²) in [6, 6.07) is 15.5. The number of rotatable bonds is 9. The number of aldehydes is 1. The van der Waals surface area contributed by atoms with Gasteiger partial charge in [-0.3, -0.25) is 9.59 Å². The number of nitrogens with one attached hydrogen (secondary N) is 1. The van der Waals surface area contributed by atoms with Crippen LogP contribution in [0.1, 0.15) is 18.4 Å². The van der Waals surface area contributed by atoms with E-state index in [0.717, 1.165) is 22.3 Å². The lowest BCUT2D eigenvalue weighted by Gasteiger charge is -2.06. The predicted molar refractivity (Wildman–Crippen MR) is 107 cm³/mol. The van der Waals surface area contributed by atoms with Crippen molar-refractivity contribution in [3.63, 3.8) is 0 Å². The number of benzene rings is 1. The maximum atomic E-state index is 10.9. The number of carbonyl (C=O) groups is 2. The number of nitrogens with zero attached hydrogens (tertiary/aromatic N) is 3. The van der Waals surface area contributed by atoms with Crippen LogP contribution in [0.5, 0.6) is 0 Å². The van der Waals surface area contributed by atoms with Gasteiger partial charge in [-0.1, -0.05) is 36.4 Å². The molecule has 7 heteroatoms. The second-order valence-corrected chi connectivity index (χ2v) is 6.02. The molecule has 7 nitrogen and oxygen atoms in total. The molecule has 0 radical (unpaired) electrons. The highest BCUT2D eigenvalue weighted by Crippen LogP contribution is 2.27. The summed E-state index contributed by atoms with van der Waals surface area (Å²) in [5.41, 5.74) is 6.76. The van der Waals surface area contributed by atoms with Crippen LogP contribution in [0.3, 0.4) is 0 Å². The number of allylic oxidation sites excluding steroid dienone is 2. The van der Waals surface area contributed by atoms with E-state index in [1.165, 1.54) is 6.08 Å². The first-order chi connectivity index (χ1) is 13.7. The quantitative estimate of drug-likeness (QED) is 0.197. The third-order valence-corrected chi connectivity index (χ3v) is 4.05. The van der Waals surface area contributed by atoms with Crippen LogP contribution in [0.2, 0.25) is 0 Å². The standard InChI is InChI=1S/C21H20N4O3/c26-15-7-10-17(23-22-13-6-12-19(27)28)20-18-11-4-5-14-25(18)24-21(20)16-8-2-1-3-9-16/h1-5,7-11,14-15,22H,6,12-13H2,(H,27,28)/b10-7-,23-17+. The molecule has 2 N–H and O–H groups in total. The molecule has 0 spiro atoms. The molecule has 0 amide bonds. The van der Waals surface area contributed by atoms with Gasteiger partial charge in [-0.25, -0.2) is 4.52 Å². The Morgan fingerprint density at radius 1 is 1.18 bits per heavy atom. The van der Waals surface area contributed by atoms with Crippen LogP contribution in [0, 0.1) is 0 Å². The lowest BCUT2D eigenvalue weighted by molar-refractivity contribution is -0.137. The molecule has 3 rings (SSSR count). The molecule has 0 aliphatic rings. The molecule has 2 heterocycles. The van der Waals surface area contributed by atoms with Gasteiger partial charge in [-0.2, -0.15) is 10.2 Å². The largest absolute Gasteiger partial charge is 0.481 e. The predicted octanol–water partition coefficient (Wildman–Crippen LogP) is 2.91. The van der Waals surface area contributed by atoms with Crippen molar-refractivity contribution in [2.45, 2.75) is 12.8 Å². The molecule has 0 atom stereocenters. The summed E-state index contributed by atoms with van der Waals surface area (Å²) in [6.45, 7) is 0.407. The lowest BCUT2D eigenvalue weighted by atomic mass is 10.0. The number of aromatic nitrogens is 2. The number of hydrogen-bond acceptors (Lipinski definition) is 5. The van der Waals surface area contributed by atoms with E-state index < -0.39 is 5.97 Å². The summed E-state index contributed by atoms with van der Waals surface area (Å²) in [5, 5.41) is 17.8. The van der Waals surface area contributed by atoms with Crippen molar-refractivity contribution in [3.8, 4) is 11.3 Å². The summed E-state index contributed by atoms with van der Waals surface area (Å²) < 4.78 is 1.77. The second-order valence-electron chi connectivity index (χ2n) is 6.02. The number of carboxylic acids is 1. The highest BCUT2D eigenvalue weighted by atomic mass is 16.4. The lowest BCUT2D eigenvalue weighted by Crippen LogP contribution is -2.13. The van der Waals surface area contributed by atoms with E-state index in [1.54, 1.807) is 10.6 Å². The molecule has 0 fully saturated rings. The molecule has 0 aliphatic carbocycles. The van der Waals surface area contributed by atoms with E-state index in [0.29, 0.717) is 25.0 Å². The minimum atomic E-state index is -0.846. The van der Waals surface area contributed by atoms with Crippen molar-refractivity contribution in [2.75, 3.05) is 6.54 Å². The Morgan fingerprint density at radius 2 is 1.96 bits per heavy atom. The maximum absolute atomic E-state index is 10.9. The highest BCUT2D eigenvalue weighted by Gasteiger charge is 2.18. The van der Waals surface area contributed by atoms with Crippen LogP contribution in [0.15, 0.2) is 72.0 Å². The Morgan fingerprint density at radius 3 is 2.71 bits per heavy atom. The van der Waals surface area contributed by atoms with Gasteiger partial charge in [0.2, 0.25) is 0 Å². The summed E-state index contributed by atoms with van der Waals surface area (Å²) in [7, 11) is 0. The van der Waals surface area contributed by atoms with Crippen LogP contribution >= 0.6 is 0 Å². The van der Waals surface area contributed by atoms with Gasteiger partial charge in [0.15, 0.2) is 0 Å². The monoisotopic (exact) mass is 376 g/mol. The summed E-state index contributed by atoms with van der Waals surface area (Å²) >= 11 is 0. The number of carboxylic acid groups (broad SMARTS) is 1. The molecule has 3 aromatic rings.